The summed E-state index contributed by atoms with van der Waals surface area (Å²) >= 11 is 0. The van der Waals surface area contributed by atoms with E-state index < -0.39 is 0 Å². The van der Waals surface area contributed by atoms with Crippen LogP contribution in [0.25, 0.3) is 16.9 Å². The van der Waals surface area contributed by atoms with Crippen LogP contribution in [0, 0.1) is 11.8 Å². The summed E-state index contributed by atoms with van der Waals surface area (Å²) in [6, 6.07) is 20.7. The topological polar surface area (TPSA) is 76.7 Å². The van der Waals surface area contributed by atoms with Gasteiger partial charge in [-0.3, -0.25) is 14.4 Å². The lowest BCUT2D eigenvalue weighted by Crippen LogP contribution is -2.39. The van der Waals surface area contributed by atoms with Crippen molar-refractivity contribution in [3.05, 3.63) is 93.9 Å². The van der Waals surface area contributed by atoms with Gasteiger partial charge in [0.15, 0.2) is 5.78 Å². The van der Waals surface area contributed by atoms with Crippen LogP contribution in [0.3, 0.4) is 0 Å². The highest BCUT2D eigenvalue weighted by atomic mass is 16.2. The lowest BCUT2D eigenvalue weighted by Gasteiger charge is -2.31. The molecule has 0 spiro atoms. The van der Waals surface area contributed by atoms with Crippen LogP contribution >= 0.6 is 0 Å². The molecule has 4 aromatic rings. The van der Waals surface area contributed by atoms with Gasteiger partial charge in [-0.15, -0.1) is 0 Å². The highest BCUT2D eigenvalue weighted by molar-refractivity contribution is 6.00. The van der Waals surface area contributed by atoms with Crippen LogP contribution in [-0.4, -0.2) is 36.8 Å². The molecule has 1 aliphatic heterocycles. The zero-order valence-electron chi connectivity index (χ0n) is 19.8. The number of carbonyl (C=O) groups is 2. The van der Waals surface area contributed by atoms with Crippen molar-refractivity contribution >= 4 is 17.3 Å². The van der Waals surface area contributed by atoms with Crippen molar-refractivity contribution in [1.29, 1.82) is 0 Å². The standard InChI is InChI=1S/C29H26N4O3/c34-25(20-9-5-2-6-10-20)17-32-26-15-23(19-7-3-1-4-8-19)30-33(26)28(35)22-16-31(29(36)27(22)32)24-14-18-11-12-21(24)13-18/h1-10,15,18,21,24H,11-14,16-17H2. The maximum Gasteiger partial charge on any atom is 0.280 e. The summed E-state index contributed by atoms with van der Waals surface area (Å²) < 4.78 is 3.10. The maximum absolute atomic E-state index is 13.9. The Labute approximate surface area is 208 Å². The van der Waals surface area contributed by atoms with Gasteiger partial charge in [0.1, 0.15) is 11.3 Å². The Hall–Kier alpha value is -4.00. The minimum Gasteiger partial charge on any atom is -0.329 e. The summed E-state index contributed by atoms with van der Waals surface area (Å²) in [4.78, 5) is 42.8. The van der Waals surface area contributed by atoms with Gasteiger partial charge in [0.25, 0.3) is 11.5 Å². The van der Waals surface area contributed by atoms with Gasteiger partial charge in [0.2, 0.25) is 0 Å². The molecule has 7 heteroatoms. The summed E-state index contributed by atoms with van der Waals surface area (Å²) in [5, 5.41) is 4.63. The van der Waals surface area contributed by atoms with E-state index in [-0.39, 0.29) is 36.4 Å². The maximum atomic E-state index is 13.9. The van der Waals surface area contributed by atoms with Crippen LogP contribution in [0.4, 0.5) is 0 Å². The number of fused-ring (bicyclic) bond motifs is 4. The largest absolute Gasteiger partial charge is 0.329 e. The van der Waals surface area contributed by atoms with Gasteiger partial charge in [0.05, 0.1) is 24.3 Å². The molecular formula is C29H26N4O3. The summed E-state index contributed by atoms with van der Waals surface area (Å²) in [6.45, 7) is 0.253. The molecule has 2 aromatic heterocycles. The number of hydrogen-bond donors (Lipinski definition) is 0. The number of aromatic nitrogens is 3. The van der Waals surface area contributed by atoms with Crippen LogP contribution in [0.5, 0.6) is 0 Å². The molecule has 2 aliphatic carbocycles. The Balaban J connectivity index is 1.38. The number of carbonyl (C=O) groups excluding carboxylic acids is 2. The lowest BCUT2D eigenvalue weighted by atomic mass is 9.94. The average molecular weight is 479 g/mol. The van der Waals surface area contributed by atoms with E-state index in [0.29, 0.717) is 40.0 Å². The van der Waals surface area contributed by atoms with Crippen molar-refractivity contribution in [2.45, 2.75) is 44.8 Å². The molecule has 0 N–H and O–H groups in total. The number of Topliss-reactive ketones (excluding diaryl/α,β-unsaturated/α-hetero) is 1. The third kappa shape index (κ3) is 3.19. The molecule has 7 rings (SSSR count). The SMILES string of the molecule is O=C(Cn1c2c(c(=O)n3nc(-c4ccccc4)cc13)CN(C1CC3CCC1C3)C2=O)c1ccccc1. The summed E-state index contributed by atoms with van der Waals surface area (Å²) in [7, 11) is 0. The van der Waals surface area contributed by atoms with Gasteiger partial charge in [-0.25, -0.2) is 0 Å². The lowest BCUT2D eigenvalue weighted by molar-refractivity contribution is 0.0629. The highest BCUT2D eigenvalue weighted by Gasteiger charge is 2.47. The summed E-state index contributed by atoms with van der Waals surface area (Å²) in [5.41, 5.74) is 3.06. The number of ketones is 1. The first kappa shape index (κ1) is 21.3. The second-order valence-electron chi connectivity index (χ2n) is 10.3. The van der Waals surface area contributed by atoms with E-state index in [1.807, 2.05) is 59.5 Å². The molecule has 0 saturated heterocycles. The van der Waals surface area contributed by atoms with E-state index >= 15 is 0 Å². The molecule has 1 amide bonds. The van der Waals surface area contributed by atoms with Gasteiger partial charge in [-0.05, 0) is 31.1 Å². The van der Waals surface area contributed by atoms with Crippen molar-refractivity contribution < 1.29 is 9.59 Å². The number of benzene rings is 2. The van der Waals surface area contributed by atoms with Gasteiger partial charge in [0, 0.05) is 23.2 Å². The minimum absolute atomic E-state index is 0.0354. The Morgan fingerprint density at radius 2 is 1.69 bits per heavy atom. The molecule has 2 saturated carbocycles. The van der Waals surface area contributed by atoms with Crippen molar-refractivity contribution in [3.63, 3.8) is 0 Å². The van der Waals surface area contributed by atoms with E-state index in [4.69, 9.17) is 0 Å². The van der Waals surface area contributed by atoms with Gasteiger partial charge in [-0.1, -0.05) is 67.1 Å². The van der Waals surface area contributed by atoms with Crippen LogP contribution in [0.2, 0.25) is 0 Å². The van der Waals surface area contributed by atoms with Gasteiger partial charge < -0.3 is 9.47 Å². The average Bonchev–Trinajstić information content (AvgIpc) is 3.71. The summed E-state index contributed by atoms with van der Waals surface area (Å²) in [5.74, 6) is 0.944. The Morgan fingerprint density at radius 1 is 0.944 bits per heavy atom. The number of nitrogens with zero attached hydrogens (tertiary/aromatic N) is 4. The van der Waals surface area contributed by atoms with E-state index in [1.54, 1.807) is 16.7 Å². The molecule has 2 fully saturated rings. The molecule has 3 heterocycles. The molecule has 36 heavy (non-hydrogen) atoms. The highest BCUT2D eigenvalue weighted by Crippen LogP contribution is 2.48. The Bertz CT molecular complexity index is 1570. The third-order valence-electron chi connectivity index (χ3n) is 8.33. The first-order valence-electron chi connectivity index (χ1n) is 12.7. The van der Waals surface area contributed by atoms with Crippen LogP contribution in [-0.2, 0) is 13.1 Å². The van der Waals surface area contributed by atoms with E-state index in [1.165, 1.54) is 17.4 Å². The molecule has 2 bridgehead atoms. The zero-order chi connectivity index (χ0) is 24.4. The van der Waals surface area contributed by atoms with Crippen LogP contribution in [0.15, 0.2) is 71.5 Å². The monoisotopic (exact) mass is 478 g/mol. The Morgan fingerprint density at radius 3 is 2.39 bits per heavy atom. The molecule has 7 nitrogen and oxygen atoms in total. The number of rotatable bonds is 5. The zero-order valence-corrected chi connectivity index (χ0v) is 19.8. The second kappa shape index (κ2) is 8.01. The fraction of sp³-hybridized carbons (Fsp3) is 0.310. The Kier molecular flexibility index (Phi) is 4.74. The van der Waals surface area contributed by atoms with E-state index in [2.05, 4.69) is 5.10 Å². The molecule has 3 unspecified atom stereocenters. The molecule has 3 aliphatic rings. The summed E-state index contributed by atoms with van der Waals surface area (Å²) in [6.07, 6.45) is 4.57. The van der Waals surface area contributed by atoms with Gasteiger partial charge >= 0.3 is 0 Å². The van der Waals surface area contributed by atoms with Crippen LogP contribution < -0.4 is 5.56 Å². The van der Waals surface area contributed by atoms with Crippen molar-refractivity contribution in [3.8, 4) is 11.3 Å². The second-order valence-corrected chi connectivity index (χ2v) is 10.3. The normalized spacial score (nSPS) is 22.5. The van der Waals surface area contributed by atoms with Crippen molar-refractivity contribution in [2.75, 3.05) is 0 Å². The predicted molar refractivity (Wildman–Crippen MR) is 135 cm³/mol. The molecular weight excluding hydrogens is 452 g/mol. The number of hydrogen-bond acceptors (Lipinski definition) is 4. The smallest absolute Gasteiger partial charge is 0.280 e. The van der Waals surface area contributed by atoms with Crippen LogP contribution in [0.1, 0.15) is 52.1 Å². The quantitative estimate of drug-likeness (QED) is 0.403. The van der Waals surface area contributed by atoms with E-state index in [0.717, 1.165) is 18.4 Å². The fourth-order valence-electron chi connectivity index (χ4n) is 6.61. The van der Waals surface area contributed by atoms with Crippen molar-refractivity contribution in [2.24, 2.45) is 11.8 Å². The fourth-order valence-corrected chi connectivity index (χ4v) is 6.61. The number of amides is 1. The van der Waals surface area contributed by atoms with Gasteiger partial charge in [-0.2, -0.15) is 9.61 Å². The minimum atomic E-state index is -0.274. The molecule has 3 atom stereocenters. The van der Waals surface area contributed by atoms with Crippen molar-refractivity contribution in [1.82, 2.24) is 19.1 Å². The molecule has 0 radical (unpaired) electrons. The first-order valence-corrected chi connectivity index (χ1v) is 12.7. The predicted octanol–water partition coefficient (Wildman–Crippen LogP) is 4.19. The first-order chi connectivity index (χ1) is 17.6. The molecule has 180 valence electrons. The molecule has 2 aromatic carbocycles. The third-order valence-corrected chi connectivity index (χ3v) is 8.33. The van der Waals surface area contributed by atoms with E-state index in [9.17, 15) is 14.4 Å².